The molecule has 0 amide bonds. The molecular formula is C15H20N2OS. The lowest BCUT2D eigenvalue weighted by Gasteiger charge is -2.21. The van der Waals surface area contributed by atoms with Crippen molar-refractivity contribution in [3.63, 3.8) is 0 Å². The summed E-state index contributed by atoms with van der Waals surface area (Å²) in [5.74, 6) is 0.905. The first kappa shape index (κ1) is 14.2. The molecule has 0 spiro atoms. The fourth-order valence-corrected chi connectivity index (χ4v) is 3.39. The summed E-state index contributed by atoms with van der Waals surface area (Å²) in [6.07, 6.45) is 3.29. The molecule has 0 aliphatic heterocycles. The molecule has 1 aromatic heterocycles. The van der Waals surface area contributed by atoms with E-state index in [-0.39, 0.29) is 0 Å². The molecule has 102 valence electrons. The maximum absolute atomic E-state index is 5.27. The third kappa shape index (κ3) is 3.39. The number of aryl methyl sites for hydroxylation is 3. The van der Waals surface area contributed by atoms with Crippen molar-refractivity contribution in [2.75, 3.05) is 12.8 Å². The van der Waals surface area contributed by atoms with Gasteiger partial charge in [-0.15, -0.1) is 0 Å². The van der Waals surface area contributed by atoms with Crippen LogP contribution in [0.3, 0.4) is 0 Å². The maximum atomic E-state index is 5.27. The second-order valence-electron chi connectivity index (χ2n) is 4.76. The Labute approximate surface area is 118 Å². The van der Waals surface area contributed by atoms with Gasteiger partial charge in [0.15, 0.2) is 0 Å². The second-order valence-corrected chi connectivity index (χ2v) is 5.73. The maximum Gasteiger partial charge on any atom is 0.255 e. The molecule has 1 aromatic carbocycles. The molecule has 0 saturated heterocycles. The predicted molar refractivity (Wildman–Crippen MR) is 79.7 cm³/mol. The van der Waals surface area contributed by atoms with Crippen molar-refractivity contribution in [1.29, 1.82) is 0 Å². The third-order valence-corrected chi connectivity index (χ3v) is 4.17. The molecule has 0 bridgehead atoms. The van der Waals surface area contributed by atoms with Gasteiger partial charge in [0.25, 0.3) is 5.22 Å². The van der Waals surface area contributed by atoms with Crippen molar-refractivity contribution >= 4 is 11.8 Å². The minimum atomic E-state index is 0.303. The Balaban J connectivity index is 2.17. The van der Waals surface area contributed by atoms with Gasteiger partial charge in [0.2, 0.25) is 0 Å². The molecule has 0 aliphatic rings. The molecule has 4 heteroatoms. The van der Waals surface area contributed by atoms with Gasteiger partial charge < -0.3 is 9.73 Å². The number of oxazole rings is 1. The van der Waals surface area contributed by atoms with Crippen molar-refractivity contribution in [3.05, 3.63) is 46.8 Å². The molecule has 19 heavy (non-hydrogen) atoms. The molecule has 1 atom stereocenters. The summed E-state index contributed by atoms with van der Waals surface area (Å²) in [6.45, 7) is 6.49. The van der Waals surface area contributed by atoms with Crippen LogP contribution in [-0.2, 0) is 0 Å². The van der Waals surface area contributed by atoms with Gasteiger partial charge >= 0.3 is 0 Å². The number of rotatable bonds is 5. The Morgan fingerprint density at radius 2 is 1.95 bits per heavy atom. The predicted octanol–water partition coefficient (Wildman–Crippen LogP) is 3.65. The quantitative estimate of drug-likeness (QED) is 0.846. The van der Waals surface area contributed by atoms with E-state index in [1.165, 1.54) is 22.3 Å². The summed E-state index contributed by atoms with van der Waals surface area (Å²) in [5, 5.41) is 4.12. The highest BCUT2D eigenvalue weighted by Crippen LogP contribution is 2.28. The number of benzene rings is 1. The second kappa shape index (κ2) is 6.26. The summed E-state index contributed by atoms with van der Waals surface area (Å²) in [4.78, 5) is 4.14. The van der Waals surface area contributed by atoms with Crippen LogP contribution < -0.4 is 5.32 Å². The highest BCUT2D eigenvalue weighted by molar-refractivity contribution is 7.99. The standard InChI is InChI=1S/C15H20N2OS/c1-10-7-11(2)14(12(3)8-10)13(16-4)9-19-15-17-5-6-18-15/h5-8,13,16H,9H2,1-4H3. The summed E-state index contributed by atoms with van der Waals surface area (Å²) < 4.78 is 5.27. The van der Waals surface area contributed by atoms with Crippen LogP contribution in [0.15, 0.2) is 34.2 Å². The van der Waals surface area contributed by atoms with Gasteiger partial charge in [-0.1, -0.05) is 29.5 Å². The number of nitrogens with one attached hydrogen (secondary N) is 1. The van der Waals surface area contributed by atoms with Gasteiger partial charge in [0.1, 0.15) is 6.26 Å². The van der Waals surface area contributed by atoms with Crippen molar-refractivity contribution in [1.82, 2.24) is 10.3 Å². The van der Waals surface area contributed by atoms with Gasteiger partial charge in [-0.25, -0.2) is 4.98 Å². The van der Waals surface area contributed by atoms with Crippen LogP contribution in [0.2, 0.25) is 0 Å². The van der Waals surface area contributed by atoms with Gasteiger partial charge in [-0.3, -0.25) is 0 Å². The van der Waals surface area contributed by atoms with Gasteiger partial charge in [0, 0.05) is 11.8 Å². The van der Waals surface area contributed by atoms with Crippen molar-refractivity contribution in [3.8, 4) is 0 Å². The highest BCUT2D eigenvalue weighted by atomic mass is 32.2. The summed E-state index contributed by atoms with van der Waals surface area (Å²) in [5.41, 5.74) is 5.37. The Bertz CT molecular complexity index is 514. The Morgan fingerprint density at radius 3 is 2.47 bits per heavy atom. The molecule has 0 saturated carbocycles. The molecule has 3 nitrogen and oxygen atoms in total. The molecule has 2 rings (SSSR count). The lowest BCUT2D eigenvalue weighted by atomic mass is 9.95. The minimum Gasteiger partial charge on any atom is -0.440 e. The number of hydrogen-bond donors (Lipinski definition) is 1. The van der Waals surface area contributed by atoms with Crippen LogP contribution in [0.4, 0.5) is 0 Å². The Kier molecular flexibility index (Phi) is 4.66. The van der Waals surface area contributed by atoms with Crippen LogP contribution in [-0.4, -0.2) is 17.8 Å². The average Bonchev–Trinajstić information content (AvgIpc) is 2.85. The zero-order valence-corrected chi connectivity index (χ0v) is 12.7. The van der Waals surface area contributed by atoms with Crippen LogP contribution in [0.5, 0.6) is 0 Å². The Morgan fingerprint density at radius 1 is 1.26 bits per heavy atom. The van der Waals surface area contributed by atoms with Gasteiger partial charge in [-0.2, -0.15) is 0 Å². The molecule has 0 aliphatic carbocycles. The molecule has 0 fully saturated rings. The van der Waals surface area contributed by atoms with E-state index in [4.69, 9.17) is 4.42 Å². The SMILES string of the molecule is CNC(CSc1ncco1)c1c(C)cc(C)cc1C. The largest absolute Gasteiger partial charge is 0.440 e. The average molecular weight is 276 g/mol. The van der Waals surface area contributed by atoms with E-state index in [1.54, 1.807) is 24.2 Å². The van der Waals surface area contributed by atoms with Crippen LogP contribution in [0.25, 0.3) is 0 Å². The fourth-order valence-electron chi connectivity index (χ4n) is 2.49. The van der Waals surface area contributed by atoms with E-state index in [2.05, 4.69) is 43.2 Å². The number of aromatic nitrogens is 1. The van der Waals surface area contributed by atoms with Crippen LogP contribution >= 0.6 is 11.8 Å². The number of hydrogen-bond acceptors (Lipinski definition) is 4. The summed E-state index contributed by atoms with van der Waals surface area (Å²) in [7, 11) is 2.00. The number of nitrogens with zero attached hydrogens (tertiary/aromatic N) is 1. The lowest BCUT2D eigenvalue weighted by Crippen LogP contribution is -2.21. The highest BCUT2D eigenvalue weighted by Gasteiger charge is 2.16. The Hall–Kier alpha value is -1.26. The first-order valence-electron chi connectivity index (χ1n) is 6.39. The van der Waals surface area contributed by atoms with E-state index in [9.17, 15) is 0 Å². The van der Waals surface area contributed by atoms with Crippen molar-refractivity contribution < 1.29 is 4.42 Å². The fraction of sp³-hybridized carbons (Fsp3) is 0.400. The van der Waals surface area contributed by atoms with Gasteiger partial charge in [0.05, 0.1) is 6.20 Å². The molecule has 1 N–H and O–H groups in total. The molecule has 0 radical (unpaired) electrons. The third-order valence-electron chi connectivity index (χ3n) is 3.22. The molecule has 1 unspecified atom stereocenters. The normalized spacial score (nSPS) is 12.6. The van der Waals surface area contributed by atoms with E-state index in [0.29, 0.717) is 6.04 Å². The van der Waals surface area contributed by atoms with E-state index in [0.717, 1.165) is 11.0 Å². The van der Waals surface area contributed by atoms with E-state index >= 15 is 0 Å². The molecular weight excluding hydrogens is 256 g/mol. The molecule has 2 aromatic rings. The molecule has 1 heterocycles. The summed E-state index contributed by atoms with van der Waals surface area (Å²) in [6, 6.07) is 4.78. The lowest BCUT2D eigenvalue weighted by molar-refractivity contribution is 0.453. The van der Waals surface area contributed by atoms with Crippen LogP contribution in [0.1, 0.15) is 28.3 Å². The number of thioether (sulfide) groups is 1. The van der Waals surface area contributed by atoms with Crippen molar-refractivity contribution in [2.45, 2.75) is 32.0 Å². The van der Waals surface area contributed by atoms with Gasteiger partial charge in [-0.05, 0) is 44.5 Å². The van der Waals surface area contributed by atoms with E-state index < -0.39 is 0 Å². The van der Waals surface area contributed by atoms with Crippen molar-refractivity contribution in [2.24, 2.45) is 0 Å². The van der Waals surface area contributed by atoms with E-state index in [1.807, 2.05) is 7.05 Å². The monoisotopic (exact) mass is 276 g/mol. The zero-order chi connectivity index (χ0) is 13.8. The van der Waals surface area contributed by atoms with Crippen LogP contribution in [0, 0.1) is 20.8 Å². The summed E-state index contributed by atoms with van der Waals surface area (Å²) >= 11 is 1.64. The first-order valence-corrected chi connectivity index (χ1v) is 7.37. The smallest absolute Gasteiger partial charge is 0.255 e. The topological polar surface area (TPSA) is 38.1 Å². The first-order chi connectivity index (χ1) is 9.11. The zero-order valence-electron chi connectivity index (χ0n) is 11.9. The minimum absolute atomic E-state index is 0.303.